The quantitative estimate of drug-likeness (QED) is 0.248. The normalized spacial score (nSPS) is 11.0. The molecule has 0 radical (unpaired) electrons. The summed E-state index contributed by atoms with van der Waals surface area (Å²) >= 11 is 13.5. The number of halogens is 2. The molecule has 3 aromatic carbocycles. The van der Waals surface area contributed by atoms with Gasteiger partial charge in [0.15, 0.2) is 0 Å². The van der Waals surface area contributed by atoms with Gasteiger partial charge in [0, 0.05) is 16.5 Å². The summed E-state index contributed by atoms with van der Waals surface area (Å²) < 4.78 is 5.31. The molecule has 0 saturated carbocycles. The van der Waals surface area contributed by atoms with Crippen LogP contribution in [-0.4, -0.2) is 17.9 Å². The lowest BCUT2D eigenvalue weighted by molar-refractivity contribution is 0.104. The number of ether oxygens (including phenoxy) is 1. The fraction of sp³-hybridized carbons (Fsp3) is 0.0370. The zero-order valence-corrected chi connectivity index (χ0v) is 20.3. The monoisotopic (exact) mass is 504 g/mol. The van der Waals surface area contributed by atoms with Crippen molar-refractivity contribution in [3.8, 4) is 28.1 Å². The SMILES string of the molecule is COc1ccc(-c2cc(-c3ccccc3)nc3sc(C(=O)c4ccc(Cl)c(Cl)c4)c(N)c23)cc1. The first-order valence-corrected chi connectivity index (χ1v) is 12.0. The number of hydrogen-bond acceptors (Lipinski definition) is 5. The molecule has 2 heterocycles. The summed E-state index contributed by atoms with van der Waals surface area (Å²) in [5.41, 5.74) is 11.0. The molecule has 5 rings (SSSR count). The van der Waals surface area contributed by atoms with Crippen LogP contribution in [0.4, 0.5) is 5.69 Å². The van der Waals surface area contributed by atoms with E-state index in [9.17, 15) is 4.79 Å². The third-order valence-electron chi connectivity index (χ3n) is 5.56. The number of anilines is 1. The molecule has 0 spiro atoms. The Balaban J connectivity index is 1.73. The summed E-state index contributed by atoms with van der Waals surface area (Å²) in [4.78, 5) is 19.3. The van der Waals surface area contributed by atoms with Crippen molar-refractivity contribution in [1.29, 1.82) is 0 Å². The van der Waals surface area contributed by atoms with Gasteiger partial charge in [-0.05, 0) is 47.5 Å². The standard InChI is InChI=1S/C27H18Cl2N2O2S/c1-33-18-10-7-15(8-11-18)19-14-22(16-5-3-2-4-6-16)31-27-23(19)24(30)26(34-27)25(32)17-9-12-20(28)21(29)13-17/h2-14H,30H2,1H3. The van der Waals surface area contributed by atoms with E-state index >= 15 is 0 Å². The number of fused-ring (bicyclic) bond motifs is 1. The van der Waals surface area contributed by atoms with Gasteiger partial charge in [0.25, 0.3) is 0 Å². The molecule has 5 aromatic rings. The third kappa shape index (κ3) is 4.03. The van der Waals surface area contributed by atoms with Crippen LogP contribution in [0.15, 0.2) is 78.9 Å². The van der Waals surface area contributed by atoms with Gasteiger partial charge in [0.2, 0.25) is 5.78 Å². The maximum absolute atomic E-state index is 13.4. The van der Waals surface area contributed by atoms with E-state index in [0.29, 0.717) is 31.0 Å². The van der Waals surface area contributed by atoms with Crippen LogP contribution in [-0.2, 0) is 0 Å². The second-order valence-electron chi connectivity index (χ2n) is 7.63. The lowest BCUT2D eigenvalue weighted by atomic mass is 9.98. The summed E-state index contributed by atoms with van der Waals surface area (Å²) in [6.45, 7) is 0. The highest BCUT2D eigenvalue weighted by Crippen LogP contribution is 2.42. The van der Waals surface area contributed by atoms with Crippen molar-refractivity contribution in [2.75, 3.05) is 12.8 Å². The Hall–Kier alpha value is -3.38. The number of aromatic nitrogens is 1. The fourth-order valence-electron chi connectivity index (χ4n) is 3.81. The van der Waals surface area contributed by atoms with Gasteiger partial charge >= 0.3 is 0 Å². The van der Waals surface area contributed by atoms with Crippen LogP contribution >= 0.6 is 34.5 Å². The Morgan fingerprint density at radius 3 is 2.32 bits per heavy atom. The molecule has 168 valence electrons. The van der Waals surface area contributed by atoms with Gasteiger partial charge in [-0.1, -0.05) is 65.7 Å². The summed E-state index contributed by atoms with van der Waals surface area (Å²) in [5.74, 6) is 0.534. The summed E-state index contributed by atoms with van der Waals surface area (Å²) in [6, 6.07) is 24.5. The number of hydrogen-bond donors (Lipinski definition) is 1. The van der Waals surface area contributed by atoms with E-state index in [1.807, 2.05) is 60.7 Å². The number of nitrogen functional groups attached to an aromatic ring is 1. The van der Waals surface area contributed by atoms with Crippen molar-refractivity contribution >= 4 is 56.2 Å². The number of nitrogens with two attached hydrogens (primary N) is 1. The molecule has 0 aliphatic rings. The van der Waals surface area contributed by atoms with Crippen LogP contribution in [0, 0.1) is 0 Å². The van der Waals surface area contributed by atoms with Crippen molar-refractivity contribution in [2.45, 2.75) is 0 Å². The van der Waals surface area contributed by atoms with Gasteiger partial charge in [0.05, 0.1) is 28.5 Å². The molecule has 7 heteroatoms. The second kappa shape index (κ2) is 9.11. The Kier molecular flexibility index (Phi) is 6.00. The number of thiophene rings is 1. The van der Waals surface area contributed by atoms with Crippen LogP contribution in [0.2, 0.25) is 10.0 Å². The largest absolute Gasteiger partial charge is 0.497 e. The van der Waals surface area contributed by atoms with E-state index < -0.39 is 0 Å². The number of methoxy groups -OCH3 is 1. The molecule has 0 aliphatic heterocycles. The summed E-state index contributed by atoms with van der Waals surface area (Å²) in [7, 11) is 1.63. The van der Waals surface area contributed by atoms with E-state index in [1.54, 1.807) is 25.3 Å². The predicted octanol–water partition coefficient (Wildman–Crippen LogP) is 7.76. The third-order valence-corrected chi connectivity index (χ3v) is 7.39. The minimum absolute atomic E-state index is 0.221. The van der Waals surface area contributed by atoms with Gasteiger partial charge in [-0.15, -0.1) is 11.3 Å². The van der Waals surface area contributed by atoms with E-state index in [0.717, 1.165) is 33.5 Å². The van der Waals surface area contributed by atoms with Crippen molar-refractivity contribution < 1.29 is 9.53 Å². The van der Waals surface area contributed by atoms with Gasteiger partial charge < -0.3 is 10.5 Å². The smallest absolute Gasteiger partial charge is 0.205 e. The van der Waals surface area contributed by atoms with Gasteiger partial charge in [0.1, 0.15) is 15.5 Å². The summed E-state index contributed by atoms with van der Waals surface area (Å²) in [5, 5.41) is 1.45. The molecule has 0 saturated heterocycles. The molecule has 0 bridgehead atoms. The Labute approximate surface area is 210 Å². The van der Waals surface area contributed by atoms with E-state index in [4.69, 9.17) is 38.7 Å². The first-order chi connectivity index (χ1) is 16.5. The van der Waals surface area contributed by atoms with E-state index in [1.165, 1.54) is 11.3 Å². The summed E-state index contributed by atoms with van der Waals surface area (Å²) in [6.07, 6.45) is 0. The number of benzene rings is 3. The fourth-order valence-corrected chi connectivity index (χ4v) is 5.19. The van der Waals surface area contributed by atoms with Crippen molar-refractivity contribution in [3.05, 3.63) is 99.3 Å². The number of ketones is 1. The van der Waals surface area contributed by atoms with Crippen molar-refractivity contribution in [2.24, 2.45) is 0 Å². The molecule has 0 unspecified atom stereocenters. The van der Waals surface area contributed by atoms with Crippen LogP contribution in [0.3, 0.4) is 0 Å². The molecule has 34 heavy (non-hydrogen) atoms. The minimum Gasteiger partial charge on any atom is -0.497 e. The maximum Gasteiger partial charge on any atom is 0.205 e. The first-order valence-electron chi connectivity index (χ1n) is 10.4. The average molecular weight is 505 g/mol. The molecule has 2 N–H and O–H groups in total. The number of nitrogens with zero attached hydrogens (tertiary/aromatic N) is 1. The molecular formula is C27H18Cl2N2O2S. The van der Waals surface area contributed by atoms with E-state index in [2.05, 4.69) is 0 Å². The molecule has 2 aromatic heterocycles. The number of pyridine rings is 1. The second-order valence-corrected chi connectivity index (χ2v) is 9.45. The minimum atomic E-state index is -0.221. The molecule has 4 nitrogen and oxygen atoms in total. The van der Waals surface area contributed by atoms with Crippen LogP contribution in [0.5, 0.6) is 5.75 Å². The van der Waals surface area contributed by atoms with Gasteiger partial charge in [-0.3, -0.25) is 4.79 Å². The number of rotatable bonds is 5. The number of carbonyl (C=O) groups is 1. The van der Waals surface area contributed by atoms with Gasteiger partial charge in [-0.25, -0.2) is 4.98 Å². The lowest BCUT2D eigenvalue weighted by Crippen LogP contribution is -2.02. The molecule has 0 atom stereocenters. The van der Waals surface area contributed by atoms with E-state index in [-0.39, 0.29) is 5.78 Å². The highest BCUT2D eigenvalue weighted by Gasteiger charge is 2.23. The lowest BCUT2D eigenvalue weighted by Gasteiger charge is -2.10. The maximum atomic E-state index is 13.4. The van der Waals surface area contributed by atoms with Crippen LogP contribution < -0.4 is 10.5 Å². The molecule has 0 aliphatic carbocycles. The molecule has 0 amide bonds. The first kappa shape index (κ1) is 22.4. The van der Waals surface area contributed by atoms with Crippen LogP contribution in [0.1, 0.15) is 15.2 Å². The topological polar surface area (TPSA) is 65.2 Å². The Bertz CT molecular complexity index is 1530. The van der Waals surface area contributed by atoms with Crippen LogP contribution in [0.25, 0.3) is 32.6 Å². The molecule has 0 fully saturated rings. The zero-order chi connectivity index (χ0) is 23.8. The Morgan fingerprint density at radius 1 is 0.912 bits per heavy atom. The van der Waals surface area contributed by atoms with Crippen molar-refractivity contribution in [1.82, 2.24) is 4.98 Å². The predicted molar refractivity (Wildman–Crippen MR) is 141 cm³/mol. The molecular weight excluding hydrogens is 487 g/mol. The van der Waals surface area contributed by atoms with Crippen molar-refractivity contribution in [3.63, 3.8) is 0 Å². The highest BCUT2D eigenvalue weighted by atomic mass is 35.5. The highest BCUT2D eigenvalue weighted by molar-refractivity contribution is 7.21. The Morgan fingerprint density at radius 2 is 1.65 bits per heavy atom. The number of carbonyl (C=O) groups excluding carboxylic acids is 1. The van der Waals surface area contributed by atoms with Gasteiger partial charge in [-0.2, -0.15) is 0 Å². The zero-order valence-electron chi connectivity index (χ0n) is 18.0. The average Bonchev–Trinajstić information content (AvgIpc) is 3.21.